The Kier molecular flexibility index (Phi) is 5.55. The molecule has 0 spiro atoms. The second-order valence-electron chi connectivity index (χ2n) is 5.11. The second-order valence-corrected chi connectivity index (χ2v) is 6.88. The van der Waals surface area contributed by atoms with Crippen molar-refractivity contribution >= 4 is 43.7 Å². The predicted molar refractivity (Wildman–Crippen MR) is 82.1 cm³/mol. The van der Waals surface area contributed by atoms with Gasteiger partial charge in [0.2, 0.25) is 5.91 Å². The van der Waals surface area contributed by atoms with Crippen LogP contribution in [0.1, 0.15) is 31.1 Å². The van der Waals surface area contributed by atoms with Crippen LogP contribution in [0.25, 0.3) is 0 Å². The van der Waals surface area contributed by atoms with Crippen LogP contribution >= 0.6 is 31.9 Å². The highest BCUT2D eigenvalue weighted by Crippen LogP contribution is 2.21. The average Bonchev–Trinajstić information content (AvgIpc) is 2.27. The summed E-state index contributed by atoms with van der Waals surface area (Å²) in [6.45, 7) is 5.61. The zero-order valence-electron chi connectivity index (χ0n) is 11.0. The molecule has 0 heterocycles. The molecule has 2 amide bonds. The predicted octanol–water partition coefficient (Wildman–Crippen LogP) is 2.86. The van der Waals surface area contributed by atoms with Crippen molar-refractivity contribution in [3.05, 3.63) is 32.7 Å². The fourth-order valence-electron chi connectivity index (χ4n) is 1.39. The Morgan fingerprint density at radius 3 is 2.42 bits per heavy atom. The maximum Gasteiger partial charge on any atom is 0.252 e. The Bertz CT molecular complexity index is 496. The van der Waals surface area contributed by atoms with Gasteiger partial charge in [0.25, 0.3) is 5.91 Å². The largest absolute Gasteiger partial charge is 0.350 e. The minimum Gasteiger partial charge on any atom is -0.350 e. The van der Waals surface area contributed by atoms with Crippen LogP contribution in [0.4, 0.5) is 0 Å². The summed E-state index contributed by atoms with van der Waals surface area (Å²) >= 11 is 6.61. The van der Waals surface area contributed by atoms with Gasteiger partial charge in [0.05, 0.1) is 12.1 Å². The van der Waals surface area contributed by atoms with Crippen LogP contribution < -0.4 is 10.6 Å². The van der Waals surface area contributed by atoms with E-state index in [0.717, 1.165) is 4.47 Å². The highest BCUT2D eigenvalue weighted by Gasteiger charge is 2.15. The summed E-state index contributed by atoms with van der Waals surface area (Å²) in [4.78, 5) is 23.5. The quantitative estimate of drug-likeness (QED) is 0.832. The molecule has 0 aliphatic carbocycles. The van der Waals surface area contributed by atoms with Gasteiger partial charge in [-0.3, -0.25) is 9.59 Å². The van der Waals surface area contributed by atoms with Crippen LogP contribution in [-0.2, 0) is 4.79 Å². The Labute approximate surface area is 129 Å². The standard InChI is InChI=1S/C13H16Br2N2O2/c1-13(2,3)17-11(18)7-16-12(19)9-6-8(14)4-5-10(9)15/h4-6H,7H2,1-3H3,(H,16,19)(H,17,18). The third-order valence-corrected chi connectivity index (χ3v) is 3.28. The minimum atomic E-state index is -0.307. The number of carbonyl (C=O) groups is 2. The number of amides is 2. The van der Waals surface area contributed by atoms with E-state index in [0.29, 0.717) is 10.0 Å². The molecule has 0 aromatic heterocycles. The summed E-state index contributed by atoms with van der Waals surface area (Å²) in [5.74, 6) is -0.510. The number of hydrogen-bond donors (Lipinski definition) is 2. The van der Waals surface area contributed by atoms with E-state index in [1.54, 1.807) is 12.1 Å². The molecule has 0 bridgehead atoms. The highest BCUT2D eigenvalue weighted by molar-refractivity contribution is 9.11. The van der Waals surface area contributed by atoms with Crippen LogP contribution in [0, 0.1) is 0 Å². The van der Waals surface area contributed by atoms with Gasteiger partial charge >= 0.3 is 0 Å². The van der Waals surface area contributed by atoms with Crippen LogP contribution in [0.2, 0.25) is 0 Å². The summed E-state index contributed by atoms with van der Waals surface area (Å²) in [6, 6.07) is 5.29. The molecule has 1 aromatic rings. The first kappa shape index (κ1) is 16.2. The van der Waals surface area contributed by atoms with Gasteiger partial charge in [0, 0.05) is 14.5 Å². The number of rotatable bonds is 3. The summed E-state index contributed by atoms with van der Waals surface area (Å²) < 4.78 is 1.49. The first-order valence-corrected chi connectivity index (χ1v) is 7.32. The van der Waals surface area contributed by atoms with Crippen molar-refractivity contribution in [3.63, 3.8) is 0 Å². The van der Waals surface area contributed by atoms with E-state index in [4.69, 9.17) is 0 Å². The number of nitrogens with one attached hydrogen (secondary N) is 2. The Hall–Kier alpha value is -0.880. The molecule has 0 aliphatic heterocycles. The number of carbonyl (C=O) groups excluding carboxylic acids is 2. The van der Waals surface area contributed by atoms with Crippen molar-refractivity contribution in [2.24, 2.45) is 0 Å². The topological polar surface area (TPSA) is 58.2 Å². The number of halogens is 2. The Morgan fingerprint density at radius 1 is 1.21 bits per heavy atom. The average molecular weight is 392 g/mol. The maximum atomic E-state index is 11.9. The normalized spacial score (nSPS) is 11.0. The third kappa shape index (κ3) is 5.74. The van der Waals surface area contributed by atoms with Crippen molar-refractivity contribution < 1.29 is 9.59 Å². The molecule has 6 heteroatoms. The second kappa shape index (κ2) is 6.52. The van der Waals surface area contributed by atoms with E-state index < -0.39 is 0 Å². The smallest absolute Gasteiger partial charge is 0.252 e. The Morgan fingerprint density at radius 2 is 1.84 bits per heavy atom. The van der Waals surface area contributed by atoms with Gasteiger partial charge in [0.1, 0.15) is 0 Å². The van der Waals surface area contributed by atoms with Gasteiger partial charge < -0.3 is 10.6 Å². The van der Waals surface area contributed by atoms with Gasteiger partial charge in [-0.25, -0.2) is 0 Å². The van der Waals surface area contributed by atoms with Gasteiger partial charge in [-0.2, -0.15) is 0 Å². The number of hydrogen-bond acceptors (Lipinski definition) is 2. The van der Waals surface area contributed by atoms with Crippen molar-refractivity contribution in [1.82, 2.24) is 10.6 Å². The molecule has 104 valence electrons. The summed E-state index contributed by atoms with van der Waals surface area (Å²) in [5, 5.41) is 5.36. The fraction of sp³-hybridized carbons (Fsp3) is 0.385. The monoisotopic (exact) mass is 390 g/mol. The van der Waals surface area contributed by atoms with Crippen molar-refractivity contribution in [1.29, 1.82) is 0 Å². The molecular weight excluding hydrogens is 376 g/mol. The van der Waals surface area contributed by atoms with Gasteiger partial charge in [-0.15, -0.1) is 0 Å². The van der Waals surface area contributed by atoms with Crippen molar-refractivity contribution in [2.75, 3.05) is 6.54 Å². The van der Waals surface area contributed by atoms with Gasteiger partial charge in [-0.05, 0) is 54.9 Å². The lowest BCUT2D eigenvalue weighted by Gasteiger charge is -2.20. The molecule has 0 fully saturated rings. The summed E-state index contributed by atoms with van der Waals surface area (Å²) in [7, 11) is 0. The lowest BCUT2D eigenvalue weighted by Crippen LogP contribution is -2.45. The molecular formula is C13H16Br2N2O2. The van der Waals surface area contributed by atoms with Crippen LogP contribution in [0.3, 0.4) is 0 Å². The molecule has 1 aromatic carbocycles. The molecule has 4 nitrogen and oxygen atoms in total. The zero-order chi connectivity index (χ0) is 14.6. The van der Waals surface area contributed by atoms with Crippen LogP contribution in [0.15, 0.2) is 27.1 Å². The van der Waals surface area contributed by atoms with Gasteiger partial charge in [-0.1, -0.05) is 15.9 Å². The van der Waals surface area contributed by atoms with Crippen LogP contribution in [0.5, 0.6) is 0 Å². The molecule has 0 aliphatic rings. The lowest BCUT2D eigenvalue weighted by atomic mass is 10.1. The summed E-state index contributed by atoms with van der Waals surface area (Å²) in [6.07, 6.45) is 0. The van der Waals surface area contributed by atoms with Gasteiger partial charge in [0.15, 0.2) is 0 Å². The first-order valence-electron chi connectivity index (χ1n) is 5.73. The van der Waals surface area contributed by atoms with E-state index in [1.165, 1.54) is 0 Å². The molecule has 19 heavy (non-hydrogen) atoms. The minimum absolute atomic E-state index is 0.0466. The Balaban J connectivity index is 2.61. The molecule has 0 unspecified atom stereocenters. The van der Waals surface area contributed by atoms with Crippen molar-refractivity contribution in [3.8, 4) is 0 Å². The molecule has 2 N–H and O–H groups in total. The summed E-state index contributed by atoms with van der Waals surface area (Å²) in [5.41, 5.74) is 0.177. The van der Waals surface area contributed by atoms with E-state index in [1.807, 2.05) is 26.8 Å². The zero-order valence-corrected chi connectivity index (χ0v) is 14.2. The molecule has 0 saturated heterocycles. The van der Waals surface area contributed by atoms with E-state index >= 15 is 0 Å². The molecule has 0 radical (unpaired) electrons. The molecule has 0 saturated carbocycles. The molecule has 0 atom stereocenters. The van der Waals surface area contributed by atoms with Crippen molar-refractivity contribution in [2.45, 2.75) is 26.3 Å². The van der Waals surface area contributed by atoms with Crippen LogP contribution in [-0.4, -0.2) is 23.9 Å². The van der Waals surface area contributed by atoms with E-state index in [2.05, 4.69) is 42.5 Å². The fourth-order valence-corrected chi connectivity index (χ4v) is 2.18. The maximum absolute atomic E-state index is 11.9. The SMILES string of the molecule is CC(C)(C)NC(=O)CNC(=O)c1cc(Br)ccc1Br. The lowest BCUT2D eigenvalue weighted by molar-refractivity contribution is -0.121. The highest BCUT2D eigenvalue weighted by atomic mass is 79.9. The van der Waals surface area contributed by atoms with E-state index in [9.17, 15) is 9.59 Å². The number of benzene rings is 1. The van der Waals surface area contributed by atoms with E-state index in [-0.39, 0.29) is 23.9 Å². The third-order valence-electron chi connectivity index (χ3n) is 2.10. The molecule has 1 rings (SSSR count). The first-order chi connectivity index (χ1) is 8.69.